The van der Waals surface area contributed by atoms with Crippen molar-refractivity contribution in [3.63, 3.8) is 0 Å². The monoisotopic (exact) mass is 342 g/mol. The second-order valence-electron chi connectivity index (χ2n) is 4.39. The Balaban J connectivity index is 2.16. The Bertz CT molecular complexity index is 544. The number of hydrogen-bond acceptors (Lipinski definition) is 3. The summed E-state index contributed by atoms with van der Waals surface area (Å²) in [4.78, 5) is 2.13. The number of halogens is 2. The molecule has 1 heterocycles. The van der Waals surface area contributed by atoms with E-state index in [1.54, 1.807) is 6.26 Å². The van der Waals surface area contributed by atoms with Crippen molar-refractivity contribution < 1.29 is 4.42 Å². The smallest absolute Gasteiger partial charge is 0.136 e. The molecule has 1 unspecified atom stereocenters. The van der Waals surface area contributed by atoms with Crippen molar-refractivity contribution in [1.82, 2.24) is 4.90 Å². The van der Waals surface area contributed by atoms with E-state index in [4.69, 9.17) is 21.8 Å². The van der Waals surface area contributed by atoms with Gasteiger partial charge in [0.1, 0.15) is 5.76 Å². The molecule has 3 nitrogen and oxygen atoms in total. The van der Waals surface area contributed by atoms with Crippen molar-refractivity contribution in [3.8, 4) is 0 Å². The van der Waals surface area contributed by atoms with Gasteiger partial charge in [-0.25, -0.2) is 0 Å². The second kappa shape index (κ2) is 6.57. The minimum atomic E-state index is 0.0145. The molecule has 0 aliphatic rings. The van der Waals surface area contributed by atoms with Crippen molar-refractivity contribution in [1.29, 1.82) is 0 Å². The van der Waals surface area contributed by atoms with Crippen LogP contribution in [0.25, 0.3) is 0 Å². The van der Waals surface area contributed by atoms with Crippen LogP contribution in [-0.2, 0) is 6.54 Å². The fourth-order valence-corrected chi connectivity index (χ4v) is 2.70. The van der Waals surface area contributed by atoms with Crippen molar-refractivity contribution >= 4 is 27.5 Å². The minimum absolute atomic E-state index is 0.0145. The first-order chi connectivity index (χ1) is 9.13. The van der Waals surface area contributed by atoms with E-state index in [9.17, 15) is 0 Å². The maximum Gasteiger partial charge on any atom is 0.136 e. The van der Waals surface area contributed by atoms with Crippen LogP contribution >= 0.6 is 27.5 Å². The molecular formula is C14H16BrClN2O. The summed E-state index contributed by atoms with van der Waals surface area (Å²) in [6.45, 7) is 1.20. The van der Waals surface area contributed by atoms with Gasteiger partial charge in [0, 0.05) is 18.1 Å². The standard InChI is InChI=1S/C14H16BrClN2O/c1-18(9-10-4-2-3-5-12(10)16)13(8-17)14-11(15)6-7-19-14/h2-7,13H,8-9,17H2,1H3. The van der Waals surface area contributed by atoms with Gasteiger partial charge >= 0.3 is 0 Å². The van der Waals surface area contributed by atoms with E-state index in [1.165, 1.54) is 0 Å². The lowest BCUT2D eigenvalue weighted by molar-refractivity contribution is 0.212. The lowest BCUT2D eigenvalue weighted by Crippen LogP contribution is -2.30. The van der Waals surface area contributed by atoms with Crippen LogP contribution in [0.2, 0.25) is 5.02 Å². The summed E-state index contributed by atoms with van der Waals surface area (Å²) < 4.78 is 6.44. The fourth-order valence-electron chi connectivity index (χ4n) is 2.04. The molecule has 0 aliphatic heterocycles. The van der Waals surface area contributed by atoms with Crippen LogP contribution in [0.15, 0.2) is 45.5 Å². The molecule has 0 amide bonds. The van der Waals surface area contributed by atoms with Crippen LogP contribution in [0.5, 0.6) is 0 Å². The van der Waals surface area contributed by atoms with Gasteiger partial charge in [-0.2, -0.15) is 0 Å². The molecule has 0 saturated heterocycles. The molecular weight excluding hydrogens is 328 g/mol. The molecule has 0 bridgehead atoms. The Hall–Kier alpha value is -0.810. The third-order valence-corrected chi connectivity index (χ3v) is 4.10. The zero-order chi connectivity index (χ0) is 13.8. The third-order valence-electron chi connectivity index (χ3n) is 3.08. The van der Waals surface area contributed by atoms with Gasteiger partial charge in [0.05, 0.1) is 16.8 Å². The maximum absolute atomic E-state index is 6.18. The van der Waals surface area contributed by atoms with E-state index in [-0.39, 0.29) is 6.04 Å². The van der Waals surface area contributed by atoms with E-state index in [0.717, 1.165) is 20.8 Å². The van der Waals surface area contributed by atoms with Crippen LogP contribution in [0.4, 0.5) is 0 Å². The van der Waals surface area contributed by atoms with Gasteiger partial charge in [-0.1, -0.05) is 29.8 Å². The Kier molecular flexibility index (Phi) is 5.05. The Morgan fingerprint density at radius 1 is 1.37 bits per heavy atom. The number of likely N-dealkylation sites (N-methyl/N-ethyl adjacent to an activating group) is 1. The molecule has 102 valence electrons. The topological polar surface area (TPSA) is 42.4 Å². The van der Waals surface area contributed by atoms with E-state index in [2.05, 4.69) is 20.8 Å². The Morgan fingerprint density at radius 3 is 2.68 bits per heavy atom. The lowest BCUT2D eigenvalue weighted by Gasteiger charge is -2.26. The number of nitrogens with zero attached hydrogens (tertiary/aromatic N) is 1. The molecule has 1 aromatic carbocycles. The molecule has 0 radical (unpaired) electrons. The first-order valence-corrected chi connectivity index (χ1v) is 7.17. The molecule has 0 spiro atoms. The van der Waals surface area contributed by atoms with Gasteiger partial charge < -0.3 is 10.2 Å². The van der Waals surface area contributed by atoms with E-state index >= 15 is 0 Å². The fraction of sp³-hybridized carbons (Fsp3) is 0.286. The lowest BCUT2D eigenvalue weighted by atomic mass is 10.1. The van der Waals surface area contributed by atoms with Crippen molar-refractivity contribution in [3.05, 3.63) is 57.4 Å². The normalized spacial score (nSPS) is 12.9. The van der Waals surface area contributed by atoms with Gasteiger partial charge in [-0.05, 0) is 40.7 Å². The Labute approximate surface area is 126 Å². The molecule has 2 aromatic rings. The van der Waals surface area contributed by atoms with Crippen LogP contribution in [0.3, 0.4) is 0 Å². The minimum Gasteiger partial charge on any atom is -0.466 e. The summed E-state index contributed by atoms with van der Waals surface area (Å²) in [7, 11) is 2.01. The van der Waals surface area contributed by atoms with Crippen LogP contribution in [0, 0.1) is 0 Å². The molecule has 5 heteroatoms. The Morgan fingerprint density at radius 2 is 2.11 bits per heavy atom. The summed E-state index contributed by atoms with van der Waals surface area (Å²) in [5.41, 5.74) is 6.95. The summed E-state index contributed by atoms with van der Waals surface area (Å²) in [6.07, 6.45) is 1.66. The van der Waals surface area contributed by atoms with Crippen molar-refractivity contribution in [2.45, 2.75) is 12.6 Å². The van der Waals surface area contributed by atoms with Crippen LogP contribution in [-0.4, -0.2) is 18.5 Å². The third kappa shape index (κ3) is 3.39. The molecule has 2 rings (SSSR count). The zero-order valence-corrected chi connectivity index (χ0v) is 13.0. The second-order valence-corrected chi connectivity index (χ2v) is 5.65. The maximum atomic E-state index is 6.18. The molecule has 1 atom stereocenters. The SMILES string of the molecule is CN(Cc1ccccc1Cl)C(CN)c1occc1Br. The molecule has 0 aliphatic carbocycles. The van der Waals surface area contributed by atoms with E-state index in [0.29, 0.717) is 13.1 Å². The number of nitrogens with two attached hydrogens (primary N) is 1. The molecule has 1 aromatic heterocycles. The first-order valence-electron chi connectivity index (χ1n) is 6.00. The average molecular weight is 344 g/mol. The molecule has 2 N–H and O–H groups in total. The highest BCUT2D eigenvalue weighted by atomic mass is 79.9. The van der Waals surface area contributed by atoms with Crippen LogP contribution < -0.4 is 5.73 Å². The molecule has 0 fully saturated rings. The summed E-state index contributed by atoms with van der Waals surface area (Å²) in [5, 5.41) is 0.767. The highest BCUT2D eigenvalue weighted by Gasteiger charge is 2.21. The molecule has 19 heavy (non-hydrogen) atoms. The number of hydrogen-bond donors (Lipinski definition) is 1. The number of rotatable bonds is 5. The average Bonchev–Trinajstić information content (AvgIpc) is 2.80. The number of benzene rings is 1. The van der Waals surface area contributed by atoms with E-state index < -0.39 is 0 Å². The highest BCUT2D eigenvalue weighted by Crippen LogP contribution is 2.29. The van der Waals surface area contributed by atoms with E-state index in [1.807, 2.05) is 37.4 Å². The molecule has 0 saturated carbocycles. The number of furan rings is 1. The van der Waals surface area contributed by atoms with Gasteiger partial charge in [-0.3, -0.25) is 4.90 Å². The van der Waals surface area contributed by atoms with Gasteiger partial charge in [-0.15, -0.1) is 0 Å². The van der Waals surface area contributed by atoms with Gasteiger partial charge in [0.2, 0.25) is 0 Å². The zero-order valence-electron chi connectivity index (χ0n) is 10.6. The van der Waals surface area contributed by atoms with Gasteiger partial charge in [0.15, 0.2) is 0 Å². The quantitative estimate of drug-likeness (QED) is 0.897. The predicted octanol–water partition coefficient (Wildman–Crippen LogP) is 3.83. The highest BCUT2D eigenvalue weighted by molar-refractivity contribution is 9.10. The summed E-state index contributed by atoms with van der Waals surface area (Å²) in [5.74, 6) is 0.844. The van der Waals surface area contributed by atoms with Crippen molar-refractivity contribution in [2.24, 2.45) is 5.73 Å². The first kappa shape index (κ1) is 14.6. The van der Waals surface area contributed by atoms with Crippen LogP contribution in [0.1, 0.15) is 17.4 Å². The predicted molar refractivity (Wildman–Crippen MR) is 81.1 cm³/mol. The largest absolute Gasteiger partial charge is 0.466 e. The van der Waals surface area contributed by atoms with Crippen molar-refractivity contribution in [2.75, 3.05) is 13.6 Å². The summed E-state index contributed by atoms with van der Waals surface area (Å²) >= 11 is 9.66. The summed E-state index contributed by atoms with van der Waals surface area (Å²) in [6, 6.07) is 9.71. The van der Waals surface area contributed by atoms with Gasteiger partial charge in [0.25, 0.3) is 0 Å².